The van der Waals surface area contributed by atoms with Crippen LogP contribution in [0.15, 0.2) is 10.9 Å². The van der Waals surface area contributed by atoms with Crippen molar-refractivity contribution in [3.8, 4) is 0 Å². The molecule has 0 aromatic carbocycles. The minimum absolute atomic E-state index is 0.298. The fraction of sp³-hybridized carbons (Fsp3) is 0.500. The van der Waals surface area contributed by atoms with Crippen LogP contribution >= 0.6 is 11.3 Å². The van der Waals surface area contributed by atoms with Gasteiger partial charge >= 0.3 is 12.0 Å². The van der Waals surface area contributed by atoms with Crippen LogP contribution < -0.4 is 10.6 Å². The predicted molar refractivity (Wildman–Crippen MR) is 75.0 cm³/mol. The van der Waals surface area contributed by atoms with Gasteiger partial charge in [-0.3, -0.25) is 9.59 Å². The van der Waals surface area contributed by atoms with Gasteiger partial charge in [-0.1, -0.05) is 0 Å². The zero-order chi connectivity index (χ0) is 15.2. The number of carboxylic acid groups (broad SMARTS) is 1. The van der Waals surface area contributed by atoms with E-state index < -0.39 is 30.4 Å². The molecule has 9 heteroatoms. The van der Waals surface area contributed by atoms with E-state index >= 15 is 0 Å². The summed E-state index contributed by atoms with van der Waals surface area (Å²) in [6.07, 6.45) is 0.199. The molecule has 1 fully saturated rings. The highest BCUT2D eigenvalue weighted by Crippen LogP contribution is 2.09. The average molecular weight is 312 g/mol. The highest BCUT2D eigenvalue weighted by Gasteiger charge is 2.34. The molecule has 1 aliphatic heterocycles. The molecule has 0 radical (unpaired) electrons. The number of hydrogen-bond donors (Lipinski definition) is 3. The fourth-order valence-corrected chi connectivity index (χ4v) is 2.68. The first-order valence-corrected chi connectivity index (χ1v) is 7.43. The molecule has 3 N–H and O–H groups in total. The molecule has 21 heavy (non-hydrogen) atoms. The van der Waals surface area contributed by atoms with Crippen molar-refractivity contribution in [2.45, 2.75) is 18.9 Å². The second-order valence-electron chi connectivity index (χ2n) is 4.56. The van der Waals surface area contributed by atoms with E-state index in [1.165, 1.54) is 16.2 Å². The van der Waals surface area contributed by atoms with E-state index in [-0.39, 0.29) is 0 Å². The van der Waals surface area contributed by atoms with Gasteiger partial charge in [0.05, 0.1) is 17.6 Å². The smallest absolute Gasteiger partial charge is 0.318 e. The van der Waals surface area contributed by atoms with Gasteiger partial charge in [-0.15, -0.1) is 11.3 Å². The molecular weight excluding hydrogens is 296 g/mol. The number of rotatable bonds is 5. The number of nitrogens with zero attached hydrogens (tertiary/aromatic N) is 2. The maximum absolute atomic E-state index is 12.1. The van der Waals surface area contributed by atoms with E-state index in [9.17, 15) is 14.4 Å². The van der Waals surface area contributed by atoms with Crippen LogP contribution in [-0.4, -0.2) is 58.6 Å². The molecule has 1 unspecified atom stereocenters. The lowest BCUT2D eigenvalue weighted by atomic mass is 10.1. The second kappa shape index (κ2) is 7.02. The van der Waals surface area contributed by atoms with Crippen LogP contribution in [0.5, 0.6) is 0 Å². The van der Waals surface area contributed by atoms with Gasteiger partial charge in [-0.05, 0) is 0 Å². The van der Waals surface area contributed by atoms with E-state index in [1.54, 1.807) is 5.51 Å². The Morgan fingerprint density at radius 3 is 3.05 bits per heavy atom. The molecule has 1 atom stereocenters. The van der Waals surface area contributed by atoms with Gasteiger partial charge in [0.2, 0.25) is 5.91 Å². The number of hydrogen-bond acceptors (Lipinski definition) is 5. The number of carbonyl (C=O) groups is 3. The third kappa shape index (κ3) is 4.15. The summed E-state index contributed by atoms with van der Waals surface area (Å²) in [6, 6.07) is -1.39. The summed E-state index contributed by atoms with van der Waals surface area (Å²) >= 11 is 1.48. The third-order valence-electron chi connectivity index (χ3n) is 3.10. The number of aromatic nitrogens is 1. The SMILES string of the molecule is O=C(O)CC1C(=O)NCCN1C(=O)NCCc1cscn1. The molecule has 0 spiro atoms. The minimum atomic E-state index is -1.11. The van der Waals surface area contributed by atoms with Crippen LogP contribution in [0, 0.1) is 0 Å². The molecule has 3 amide bonds. The van der Waals surface area contributed by atoms with Crippen LogP contribution in [0.2, 0.25) is 0 Å². The number of thiazole rings is 1. The topological polar surface area (TPSA) is 112 Å². The first-order chi connectivity index (χ1) is 10.1. The van der Waals surface area contributed by atoms with Crippen molar-refractivity contribution in [2.24, 2.45) is 0 Å². The Hall–Kier alpha value is -2.16. The minimum Gasteiger partial charge on any atom is -0.481 e. The van der Waals surface area contributed by atoms with Crippen molar-refractivity contribution in [3.05, 3.63) is 16.6 Å². The van der Waals surface area contributed by atoms with Crippen LogP contribution in [-0.2, 0) is 16.0 Å². The summed E-state index contributed by atoms with van der Waals surface area (Å²) < 4.78 is 0. The Balaban J connectivity index is 1.88. The van der Waals surface area contributed by atoms with Gasteiger partial charge in [0, 0.05) is 31.4 Å². The Morgan fingerprint density at radius 2 is 2.38 bits per heavy atom. The lowest BCUT2D eigenvalue weighted by Gasteiger charge is -2.34. The summed E-state index contributed by atoms with van der Waals surface area (Å²) in [4.78, 5) is 40.0. The Bertz CT molecular complexity index is 519. The molecule has 1 aromatic heterocycles. The molecule has 0 saturated carbocycles. The zero-order valence-electron chi connectivity index (χ0n) is 11.2. The van der Waals surface area contributed by atoms with Crippen LogP contribution in [0.1, 0.15) is 12.1 Å². The predicted octanol–water partition coefficient (Wildman–Crippen LogP) is -0.330. The van der Waals surface area contributed by atoms with Crippen molar-refractivity contribution in [2.75, 3.05) is 19.6 Å². The Kier molecular flexibility index (Phi) is 5.09. The van der Waals surface area contributed by atoms with Gasteiger partial charge < -0.3 is 20.6 Å². The normalized spacial score (nSPS) is 18.2. The monoisotopic (exact) mass is 312 g/mol. The summed E-state index contributed by atoms with van der Waals surface area (Å²) in [5.74, 6) is -1.55. The fourth-order valence-electron chi connectivity index (χ4n) is 2.09. The molecule has 2 rings (SSSR count). The van der Waals surface area contributed by atoms with Gasteiger partial charge in [0.1, 0.15) is 6.04 Å². The number of amides is 3. The maximum atomic E-state index is 12.1. The number of carbonyl (C=O) groups excluding carboxylic acids is 2. The molecule has 8 nitrogen and oxygen atoms in total. The standard InChI is InChI=1S/C12H16N4O4S/c17-10(18)5-9-11(19)13-3-4-16(9)12(20)14-2-1-8-6-21-7-15-8/h6-7,9H,1-5H2,(H,13,19)(H,14,20)(H,17,18). The van der Waals surface area contributed by atoms with Crippen LogP contribution in [0.25, 0.3) is 0 Å². The van der Waals surface area contributed by atoms with E-state index in [1.807, 2.05) is 5.38 Å². The van der Waals surface area contributed by atoms with Gasteiger partial charge in [-0.2, -0.15) is 0 Å². The number of piperazine rings is 1. The molecule has 1 aromatic rings. The number of aliphatic carboxylic acids is 1. The van der Waals surface area contributed by atoms with Gasteiger partial charge in [0.15, 0.2) is 0 Å². The molecule has 1 saturated heterocycles. The largest absolute Gasteiger partial charge is 0.481 e. The molecule has 2 heterocycles. The third-order valence-corrected chi connectivity index (χ3v) is 3.74. The lowest BCUT2D eigenvalue weighted by molar-refractivity contribution is -0.142. The molecular formula is C12H16N4O4S. The van der Waals surface area contributed by atoms with Crippen LogP contribution in [0.3, 0.4) is 0 Å². The zero-order valence-corrected chi connectivity index (χ0v) is 12.1. The van der Waals surface area contributed by atoms with Gasteiger partial charge in [0.25, 0.3) is 0 Å². The maximum Gasteiger partial charge on any atom is 0.318 e. The van der Waals surface area contributed by atoms with Crippen molar-refractivity contribution >= 4 is 29.2 Å². The first kappa shape index (κ1) is 15.2. The number of urea groups is 1. The van der Waals surface area contributed by atoms with Crippen molar-refractivity contribution in [1.29, 1.82) is 0 Å². The van der Waals surface area contributed by atoms with E-state index in [2.05, 4.69) is 15.6 Å². The average Bonchev–Trinajstić information content (AvgIpc) is 2.93. The Labute approximate surface area is 125 Å². The highest BCUT2D eigenvalue weighted by atomic mass is 32.1. The van der Waals surface area contributed by atoms with E-state index in [4.69, 9.17) is 5.11 Å². The summed E-state index contributed by atoms with van der Waals surface area (Å²) in [6.45, 7) is 1.02. The van der Waals surface area contributed by atoms with E-state index in [0.717, 1.165) is 5.69 Å². The van der Waals surface area contributed by atoms with Crippen LogP contribution in [0.4, 0.5) is 4.79 Å². The molecule has 1 aliphatic rings. The lowest BCUT2D eigenvalue weighted by Crippen LogP contribution is -2.60. The van der Waals surface area contributed by atoms with Crippen molar-refractivity contribution in [1.82, 2.24) is 20.5 Å². The summed E-state index contributed by atoms with van der Waals surface area (Å²) in [5.41, 5.74) is 2.61. The van der Waals surface area contributed by atoms with Gasteiger partial charge in [-0.25, -0.2) is 9.78 Å². The second-order valence-corrected chi connectivity index (χ2v) is 5.28. The Morgan fingerprint density at radius 1 is 1.57 bits per heavy atom. The van der Waals surface area contributed by atoms with Crippen molar-refractivity contribution < 1.29 is 19.5 Å². The number of nitrogens with one attached hydrogen (secondary N) is 2. The van der Waals surface area contributed by atoms with E-state index in [0.29, 0.717) is 26.1 Å². The van der Waals surface area contributed by atoms with Crippen molar-refractivity contribution in [3.63, 3.8) is 0 Å². The summed E-state index contributed by atoms with van der Waals surface area (Å²) in [7, 11) is 0. The quantitative estimate of drug-likeness (QED) is 0.689. The number of carboxylic acids is 1. The molecule has 0 bridgehead atoms. The molecule has 114 valence electrons. The highest BCUT2D eigenvalue weighted by molar-refractivity contribution is 7.07. The summed E-state index contributed by atoms with van der Waals surface area (Å²) in [5, 5.41) is 16.0. The first-order valence-electron chi connectivity index (χ1n) is 6.49. The molecule has 0 aliphatic carbocycles.